The largest absolute Gasteiger partial charge is 0.508 e. The van der Waals surface area contributed by atoms with E-state index in [1.165, 1.54) is 0 Å². The molecule has 2 nitrogen and oxygen atoms in total. The van der Waals surface area contributed by atoms with Gasteiger partial charge in [0.1, 0.15) is 11.5 Å². The summed E-state index contributed by atoms with van der Waals surface area (Å²) < 4.78 is 0. The lowest BCUT2D eigenvalue weighted by atomic mass is 9.92. The highest BCUT2D eigenvalue weighted by molar-refractivity contribution is 6.04. The van der Waals surface area contributed by atoms with Crippen LogP contribution in [0.4, 0.5) is 0 Å². The zero-order chi connectivity index (χ0) is 14.5. The van der Waals surface area contributed by atoms with Gasteiger partial charge in [-0.2, -0.15) is 0 Å². The standard InChI is InChI=1S/C18H18O2/c1-3-17(13-5-9-15(19)10-6-13)18(4-2)14-7-11-16(20)12-8-14/h3-12,19-20H,1-2H3/b17-3-,18-4?. The molecule has 0 amide bonds. The van der Waals surface area contributed by atoms with Crippen molar-refractivity contribution >= 4 is 11.1 Å². The minimum atomic E-state index is 0.260. The zero-order valence-corrected chi connectivity index (χ0v) is 11.7. The summed E-state index contributed by atoms with van der Waals surface area (Å²) >= 11 is 0. The SMILES string of the molecule is CC=C(/C(=C\C)c1ccc(O)cc1)c1ccc(O)cc1. The third-order valence-corrected chi connectivity index (χ3v) is 3.22. The van der Waals surface area contributed by atoms with Gasteiger partial charge in [-0.1, -0.05) is 36.4 Å². The van der Waals surface area contributed by atoms with Gasteiger partial charge in [0.05, 0.1) is 0 Å². The van der Waals surface area contributed by atoms with E-state index in [1.54, 1.807) is 24.3 Å². The second kappa shape index (κ2) is 6.11. The summed E-state index contributed by atoms with van der Waals surface area (Å²) in [5.74, 6) is 0.520. The number of allylic oxidation sites excluding steroid dienone is 4. The molecule has 0 aliphatic heterocycles. The first-order valence-corrected chi connectivity index (χ1v) is 6.57. The molecule has 2 heteroatoms. The van der Waals surface area contributed by atoms with Crippen molar-refractivity contribution in [1.29, 1.82) is 0 Å². The summed E-state index contributed by atoms with van der Waals surface area (Å²) in [6.07, 6.45) is 4.10. The highest BCUT2D eigenvalue weighted by Crippen LogP contribution is 2.32. The topological polar surface area (TPSA) is 40.5 Å². The van der Waals surface area contributed by atoms with E-state index in [9.17, 15) is 10.2 Å². The first-order valence-electron chi connectivity index (χ1n) is 6.57. The van der Waals surface area contributed by atoms with E-state index in [1.807, 2.05) is 38.1 Å². The monoisotopic (exact) mass is 266 g/mol. The van der Waals surface area contributed by atoms with Gasteiger partial charge < -0.3 is 10.2 Å². The molecule has 0 saturated heterocycles. The van der Waals surface area contributed by atoms with Crippen LogP contribution in [0.2, 0.25) is 0 Å². The summed E-state index contributed by atoms with van der Waals surface area (Å²) in [6.45, 7) is 3.98. The molecule has 0 saturated carbocycles. The highest BCUT2D eigenvalue weighted by Gasteiger charge is 2.09. The Kier molecular flexibility index (Phi) is 4.26. The molecule has 2 aromatic carbocycles. The fraction of sp³-hybridized carbons (Fsp3) is 0.111. The van der Waals surface area contributed by atoms with Crippen LogP contribution < -0.4 is 0 Å². The normalized spacial score (nSPS) is 12.5. The fourth-order valence-corrected chi connectivity index (χ4v) is 2.24. The Morgan fingerprint density at radius 2 is 0.950 bits per heavy atom. The van der Waals surface area contributed by atoms with Crippen molar-refractivity contribution in [2.75, 3.05) is 0 Å². The van der Waals surface area contributed by atoms with Crippen LogP contribution in [0.15, 0.2) is 60.7 Å². The van der Waals surface area contributed by atoms with E-state index >= 15 is 0 Å². The summed E-state index contributed by atoms with van der Waals surface area (Å²) in [6, 6.07) is 14.3. The summed E-state index contributed by atoms with van der Waals surface area (Å²) in [5, 5.41) is 18.8. The first kappa shape index (κ1) is 13.9. The van der Waals surface area contributed by atoms with Crippen LogP contribution in [-0.2, 0) is 0 Å². The smallest absolute Gasteiger partial charge is 0.115 e. The van der Waals surface area contributed by atoms with Crippen LogP contribution in [0.3, 0.4) is 0 Å². The van der Waals surface area contributed by atoms with Crippen molar-refractivity contribution in [3.8, 4) is 11.5 Å². The molecule has 2 N–H and O–H groups in total. The van der Waals surface area contributed by atoms with E-state index in [2.05, 4.69) is 12.2 Å². The molecule has 0 radical (unpaired) electrons. The Hall–Kier alpha value is -2.48. The van der Waals surface area contributed by atoms with E-state index in [0.717, 1.165) is 22.3 Å². The molecular weight excluding hydrogens is 248 g/mol. The second-order valence-electron chi connectivity index (χ2n) is 4.50. The quantitative estimate of drug-likeness (QED) is 0.797. The molecule has 2 rings (SSSR count). The molecule has 102 valence electrons. The summed E-state index contributed by atoms with van der Waals surface area (Å²) in [7, 11) is 0. The zero-order valence-electron chi connectivity index (χ0n) is 11.7. The van der Waals surface area contributed by atoms with E-state index < -0.39 is 0 Å². The number of benzene rings is 2. The second-order valence-corrected chi connectivity index (χ2v) is 4.50. The predicted octanol–water partition coefficient (Wildman–Crippen LogP) is 4.60. The Morgan fingerprint density at radius 3 is 1.20 bits per heavy atom. The number of rotatable bonds is 3. The number of aromatic hydroxyl groups is 2. The van der Waals surface area contributed by atoms with Crippen molar-refractivity contribution in [2.45, 2.75) is 13.8 Å². The van der Waals surface area contributed by atoms with Gasteiger partial charge in [0.25, 0.3) is 0 Å². The third kappa shape index (κ3) is 2.91. The lowest BCUT2D eigenvalue weighted by Crippen LogP contribution is -1.90. The van der Waals surface area contributed by atoms with Gasteiger partial charge in [-0.15, -0.1) is 0 Å². The molecule has 0 aromatic heterocycles. The van der Waals surface area contributed by atoms with Gasteiger partial charge in [0.15, 0.2) is 0 Å². The van der Waals surface area contributed by atoms with Crippen LogP contribution in [0.1, 0.15) is 25.0 Å². The molecule has 0 fully saturated rings. The number of phenols is 2. The maximum atomic E-state index is 9.39. The van der Waals surface area contributed by atoms with Gasteiger partial charge in [-0.05, 0) is 60.4 Å². The Labute approximate surface area is 119 Å². The van der Waals surface area contributed by atoms with Gasteiger partial charge in [-0.25, -0.2) is 0 Å². The molecule has 0 spiro atoms. The van der Waals surface area contributed by atoms with Crippen LogP contribution in [-0.4, -0.2) is 10.2 Å². The minimum Gasteiger partial charge on any atom is -0.508 e. The van der Waals surface area contributed by atoms with Gasteiger partial charge in [-0.3, -0.25) is 0 Å². The van der Waals surface area contributed by atoms with E-state index in [-0.39, 0.29) is 11.5 Å². The van der Waals surface area contributed by atoms with Crippen molar-refractivity contribution in [3.63, 3.8) is 0 Å². The van der Waals surface area contributed by atoms with Gasteiger partial charge in [0, 0.05) is 0 Å². The lowest BCUT2D eigenvalue weighted by Gasteiger charge is -2.13. The number of hydrogen-bond acceptors (Lipinski definition) is 2. The summed E-state index contributed by atoms with van der Waals surface area (Å²) in [4.78, 5) is 0. The lowest BCUT2D eigenvalue weighted by molar-refractivity contribution is 0.474. The highest BCUT2D eigenvalue weighted by atomic mass is 16.3. The Balaban J connectivity index is 2.44. The first-order chi connectivity index (χ1) is 9.65. The average Bonchev–Trinajstić information content (AvgIpc) is 2.47. The molecule has 0 aliphatic rings. The molecule has 0 heterocycles. The molecule has 0 atom stereocenters. The molecule has 0 bridgehead atoms. The predicted molar refractivity (Wildman–Crippen MR) is 83.5 cm³/mol. The van der Waals surface area contributed by atoms with Crippen LogP contribution >= 0.6 is 0 Å². The maximum Gasteiger partial charge on any atom is 0.115 e. The van der Waals surface area contributed by atoms with Crippen molar-refractivity contribution in [2.24, 2.45) is 0 Å². The average molecular weight is 266 g/mol. The molecular formula is C18H18O2. The van der Waals surface area contributed by atoms with Gasteiger partial charge in [0.2, 0.25) is 0 Å². The number of phenolic OH excluding ortho intramolecular Hbond substituents is 2. The van der Waals surface area contributed by atoms with Crippen molar-refractivity contribution < 1.29 is 10.2 Å². The Bertz CT molecular complexity index is 573. The molecule has 20 heavy (non-hydrogen) atoms. The van der Waals surface area contributed by atoms with Gasteiger partial charge >= 0.3 is 0 Å². The Morgan fingerprint density at radius 1 is 0.650 bits per heavy atom. The minimum absolute atomic E-state index is 0.260. The fourth-order valence-electron chi connectivity index (χ4n) is 2.24. The van der Waals surface area contributed by atoms with Crippen LogP contribution in [0.25, 0.3) is 11.1 Å². The molecule has 2 aromatic rings. The van der Waals surface area contributed by atoms with E-state index in [0.29, 0.717) is 0 Å². The van der Waals surface area contributed by atoms with E-state index in [4.69, 9.17) is 0 Å². The van der Waals surface area contributed by atoms with Crippen molar-refractivity contribution in [1.82, 2.24) is 0 Å². The molecule has 0 unspecified atom stereocenters. The van der Waals surface area contributed by atoms with Crippen LogP contribution in [0.5, 0.6) is 11.5 Å². The molecule has 0 aliphatic carbocycles. The maximum absolute atomic E-state index is 9.39. The van der Waals surface area contributed by atoms with Crippen LogP contribution in [0, 0.1) is 0 Å². The third-order valence-electron chi connectivity index (χ3n) is 3.22. The van der Waals surface area contributed by atoms with Crippen molar-refractivity contribution in [3.05, 3.63) is 71.8 Å². The number of hydrogen-bond donors (Lipinski definition) is 2. The summed E-state index contributed by atoms with van der Waals surface area (Å²) in [5.41, 5.74) is 4.29.